The van der Waals surface area contributed by atoms with Crippen molar-refractivity contribution in [3.63, 3.8) is 0 Å². The van der Waals surface area contributed by atoms with Gasteiger partial charge in [0, 0.05) is 12.6 Å². The molecular formula is C14H15N3O3. The quantitative estimate of drug-likeness (QED) is 0.506. The Bertz CT molecular complexity index is 576. The molecule has 6 heteroatoms. The summed E-state index contributed by atoms with van der Waals surface area (Å²) in [5.41, 5.74) is 1.97. The average Bonchev–Trinajstić information content (AvgIpc) is 2.48. The van der Waals surface area contributed by atoms with Crippen LogP contribution in [-0.2, 0) is 4.74 Å². The molecule has 1 aliphatic rings. The van der Waals surface area contributed by atoms with E-state index in [9.17, 15) is 10.1 Å². The predicted molar refractivity (Wildman–Crippen MR) is 74.4 cm³/mol. The Morgan fingerprint density at radius 3 is 3.00 bits per heavy atom. The van der Waals surface area contributed by atoms with E-state index >= 15 is 0 Å². The molecule has 1 aromatic carbocycles. The van der Waals surface area contributed by atoms with Crippen LogP contribution in [0.15, 0.2) is 29.8 Å². The number of rotatable bonds is 5. The molecule has 0 amide bonds. The molecule has 0 radical (unpaired) electrons. The molecule has 0 aliphatic carbocycles. The van der Waals surface area contributed by atoms with Crippen LogP contribution in [0.1, 0.15) is 18.4 Å². The minimum atomic E-state index is -0.475. The summed E-state index contributed by atoms with van der Waals surface area (Å²) < 4.78 is 5.22. The van der Waals surface area contributed by atoms with E-state index in [-0.39, 0.29) is 11.3 Å². The van der Waals surface area contributed by atoms with E-state index in [1.54, 1.807) is 12.1 Å². The lowest BCUT2D eigenvalue weighted by Crippen LogP contribution is -2.09. The molecule has 104 valence electrons. The van der Waals surface area contributed by atoms with Crippen LogP contribution < -0.4 is 5.32 Å². The molecule has 0 aromatic heterocycles. The van der Waals surface area contributed by atoms with E-state index < -0.39 is 4.92 Å². The number of anilines is 1. The highest BCUT2D eigenvalue weighted by atomic mass is 16.6. The molecule has 6 nitrogen and oxygen atoms in total. The summed E-state index contributed by atoms with van der Waals surface area (Å²) in [4.78, 5) is 10.5. The second-order valence-electron chi connectivity index (χ2n) is 4.46. The van der Waals surface area contributed by atoms with Gasteiger partial charge in [0.05, 0.1) is 29.8 Å². The molecule has 0 fully saturated rings. The topological polar surface area (TPSA) is 88.2 Å². The van der Waals surface area contributed by atoms with Crippen molar-refractivity contribution in [1.82, 2.24) is 0 Å². The number of hydrogen-bond acceptors (Lipinski definition) is 5. The summed E-state index contributed by atoms with van der Waals surface area (Å²) in [6, 6.07) is 6.34. The summed E-state index contributed by atoms with van der Waals surface area (Å²) >= 11 is 0. The molecule has 0 unspecified atom stereocenters. The second-order valence-corrected chi connectivity index (χ2v) is 4.46. The number of nitrogens with zero attached hydrogens (tertiary/aromatic N) is 2. The van der Waals surface area contributed by atoms with Gasteiger partial charge in [0.1, 0.15) is 5.69 Å². The first-order valence-corrected chi connectivity index (χ1v) is 6.39. The molecule has 0 spiro atoms. The van der Waals surface area contributed by atoms with E-state index in [1.165, 1.54) is 11.6 Å². The van der Waals surface area contributed by atoms with E-state index in [0.29, 0.717) is 18.8 Å². The third-order valence-electron chi connectivity index (χ3n) is 3.14. The third-order valence-corrected chi connectivity index (χ3v) is 3.14. The van der Waals surface area contributed by atoms with Crippen LogP contribution in [0.25, 0.3) is 0 Å². The number of nitro groups is 1. The van der Waals surface area contributed by atoms with Crippen LogP contribution in [0.3, 0.4) is 0 Å². The van der Waals surface area contributed by atoms with Gasteiger partial charge in [-0.2, -0.15) is 5.26 Å². The normalized spacial score (nSPS) is 14.2. The van der Waals surface area contributed by atoms with E-state index in [1.807, 2.05) is 6.07 Å². The second kappa shape index (κ2) is 6.68. The number of benzene rings is 1. The van der Waals surface area contributed by atoms with Gasteiger partial charge < -0.3 is 10.1 Å². The Morgan fingerprint density at radius 1 is 1.50 bits per heavy atom. The molecule has 2 rings (SSSR count). The number of nitro benzene ring substituents is 1. The fraction of sp³-hybridized carbons (Fsp3) is 0.357. The number of hydrogen-bond donors (Lipinski definition) is 1. The molecule has 0 saturated heterocycles. The number of ether oxygens (including phenoxy) is 1. The lowest BCUT2D eigenvalue weighted by Gasteiger charge is -2.14. The van der Waals surface area contributed by atoms with Crippen molar-refractivity contribution in [2.45, 2.75) is 12.8 Å². The van der Waals surface area contributed by atoms with Crippen LogP contribution in [0, 0.1) is 21.4 Å². The first-order valence-electron chi connectivity index (χ1n) is 6.39. The van der Waals surface area contributed by atoms with Crippen molar-refractivity contribution >= 4 is 11.4 Å². The van der Waals surface area contributed by atoms with E-state index in [2.05, 4.69) is 11.4 Å². The molecule has 0 bridgehead atoms. The maximum atomic E-state index is 11.0. The highest BCUT2D eigenvalue weighted by Gasteiger charge is 2.14. The highest BCUT2D eigenvalue weighted by molar-refractivity contribution is 5.64. The van der Waals surface area contributed by atoms with Gasteiger partial charge in [-0.25, -0.2) is 0 Å². The Kier molecular flexibility index (Phi) is 4.69. The fourth-order valence-electron chi connectivity index (χ4n) is 2.05. The molecule has 1 aromatic rings. The first-order chi connectivity index (χ1) is 9.70. The Balaban J connectivity index is 2.00. The lowest BCUT2D eigenvalue weighted by molar-refractivity contribution is -0.384. The van der Waals surface area contributed by atoms with Gasteiger partial charge in [-0.1, -0.05) is 11.6 Å². The summed E-state index contributed by atoms with van der Waals surface area (Å²) in [5, 5.41) is 22.8. The zero-order valence-corrected chi connectivity index (χ0v) is 11.0. The maximum Gasteiger partial charge on any atom is 0.293 e. The Morgan fingerprint density at radius 2 is 2.35 bits per heavy atom. The number of nitriles is 1. The maximum absolute atomic E-state index is 11.0. The van der Waals surface area contributed by atoms with Crippen LogP contribution in [0.4, 0.5) is 11.4 Å². The standard InChI is InChI=1S/C14H15N3O3/c15-10-12-1-2-13(14(9-12)17(18)19)16-6-3-11-4-7-20-8-5-11/h1-2,4,9,16H,3,5-8H2. The van der Waals surface area contributed by atoms with Crippen molar-refractivity contribution < 1.29 is 9.66 Å². The Labute approximate surface area is 116 Å². The molecule has 1 heterocycles. The van der Waals surface area contributed by atoms with Gasteiger partial charge in [-0.05, 0) is 25.0 Å². The lowest BCUT2D eigenvalue weighted by atomic mass is 10.1. The molecule has 1 N–H and O–H groups in total. The highest BCUT2D eigenvalue weighted by Crippen LogP contribution is 2.25. The monoisotopic (exact) mass is 273 g/mol. The van der Waals surface area contributed by atoms with Crippen LogP contribution >= 0.6 is 0 Å². The van der Waals surface area contributed by atoms with Crippen molar-refractivity contribution in [1.29, 1.82) is 5.26 Å². The Hall–Kier alpha value is -2.39. The van der Waals surface area contributed by atoms with Gasteiger partial charge >= 0.3 is 0 Å². The zero-order chi connectivity index (χ0) is 14.4. The van der Waals surface area contributed by atoms with Crippen LogP contribution in [0.5, 0.6) is 0 Å². The summed E-state index contributed by atoms with van der Waals surface area (Å²) in [6.45, 7) is 2.01. The van der Waals surface area contributed by atoms with Crippen molar-refractivity contribution in [2.24, 2.45) is 0 Å². The third kappa shape index (κ3) is 3.56. The molecule has 20 heavy (non-hydrogen) atoms. The van der Waals surface area contributed by atoms with Crippen molar-refractivity contribution in [2.75, 3.05) is 25.1 Å². The van der Waals surface area contributed by atoms with Gasteiger partial charge in [0.25, 0.3) is 5.69 Å². The van der Waals surface area contributed by atoms with Crippen LogP contribution in [-0.4, -0.2) is 24.7 Å². The predicted octanol–water partition coefficient (Wildman–Crippen LogP) is 2.62. The molecule has 0 saturated carbocycles. The van der Waals surface area contributed by atoms with Gasteiger partial charge in [0.15, 0.2) is 0 Å². The number of nitrogens with one attached hydrogen (secondary N) is 1. The van der Waals surface area contributed by atoms with E-state index in [0.717, 1.165) is 19.4 Å². The van der Waals surface area contributed by atoms with Crippen molar-refractivity contribution in [3.05, 3.63) is 45.5 Å². The first kappa shape index (κ1) is 14.0. The summed E-state index contributed by atoms with van der Waals surface area (Å²) in [6.07, 6.45) is 3.80. The zero-order valence-electron chi connectivity index (χ0n) is 11.0. The molecule has 0 atom stereocenters. The fourth-order valence-corrected chi connectivity index (χ4v) is 2.05. The summed E-state index contributed by atoms with van der Waals surface area (Å²) in [7, 11) is 0. The largest absolute Gasteiger partial charge is 0.379 e. The molecular weight excluding hydrogens is 258 g/mol. The average molecular weight is 273 g/mol. The smallest absolute Gasteiger partial charge is 0.293 e. The van der Waals surface area contributed by atoms with Gasteiger partial charge in [-0.3, -0.25) is 10.1 Å². The van der Waals surface area contributed by atoms with Gasteiger partial charge in [-0.15, -0.1) is 0 Å². The summed E-state index contributed by atoms with van der Waals surface area (Å²) in [5.74, 6) is 0. The SMILES string of the molecule is N#Cc1ccc(NCCC2=CCOCC2)c([N+](=O)[O-])c1. The van der Waals surface area contributed by atoms with Crippen LogP contribution in [0.2, 0.25) is 0 Å². The van der Waals surface area contributed by atoms with E-state index in [4.69, 9.17) is 10.00 Å². The minimum Gasteiger partial charge on any atom is -0.379 e. The minimum absolute atomic E-state index is 0.0648. The van der Waals surface area contributed by atoms with Gasteiger partial charge in [0.2, 0.25) is 0 Å². The van der Waals surface area contributed by atoms with Crippen molar-refractivity contribution in [3.8, 4) is 6.07 Å². The molecule has 1 aliphatic heterocycles.